The molecule has 118 valence electrons. The van der Waals surface area contributed by atoms with Gasteiger partial charge in [0.25, 0.3) is 5.91 Å². The number of halogens is 1. The highest BCUT2D eigenvalue weighted by atomic mass is 19.1. The molecule has 2 aromatic carbocycles. The molecule has 1 N–H and O–H groups in total. The lowest BCUT2D eigenvalue weighted by atomic mass is 10.1. The van der Waals surface area contributed by atoms with Gasteiger partial charge in [-0.3, -0.25) is 4.79 Å². The lowest BCUT2D eigenvalue weighted by Gasteiger charge is -2.33. The third-order valence-corrected chi connectivity index (χ3v) is 3.64. The van der Waals surface area contributed by atoms with Crippen molar-refractivity contribution in [3.63, 3.8) is 0 Å². The standard InChI is InChI=1S/C17H14FNO4/c1-10-16(20)19(9-11-3-2-4-13(18)7-11)14-6-5-12(17(21)22)8-15(14)23-10/h2-8,10H,9H2,1H3,(H,21,22). The molecule has 0 saturated carbocycles. The number of amides is 1. The van der Waals surface area contributed by atoms with E-state index in [-0.39, 0.29) is 23.8 Å². The Morgan fingerprint density at radius 3 is 2.78 bits per heavy atom. The zero-order valence-corrected chi connectivity index (χ0v) is 12.3. The number of carbonyl (C=O) groups excluding carboxylic acids is 1. The van der Waals surface area contributed by atoms with Gasteiger partial charge in [-0.05, 0) is 42.8 Å². The molecule has 23 heavy (non-hydrogen) atoms. The first-order chi connectivity index (χ1) is 11.0. The monoisotopic (exact) mass is 315 g/mol. The Morgan fingerprint density at radius 1 is 1.30 bits per heavy atom. The Morgan fingerprint density at radius 2 is 2.09 bits per heavy atom. The highest BCUT2D eigenvalue weighted by molar-refractivity contribution is 6.00. The predicted octanol–water partition coefficient (Wildman–Crippen LogP) is 2.84. The number of hydrogen-bond acceptors (Lipinski definition) is 3. The first kappa shape index (κ1) is 15.0. The smallest absolute Gasteiger partial charge is 0.335 e. The molecule has 1 aliphatic rings. The van der Waals surface area contributed by atoms with E-state index in [0.29, 0.717) is 17.0 Å². The van der Waals surface area contributed by atoms with Crippen LogP contribution in [0.1, 0.15) is 22.8 Å². The van der Waals surface area contributed by atoms with E-state index in [4.69, 9.17) is 9.84 Å². The van der Waals surface area contributed by atoms with E-state index in [2.05, 4.69) is 0 Å². The highest BCUT2D eigenvalue weighted by Crippen LogP contribution is 2.35. The summed E-state index contributed by atoms with van der Waals surface area (Å²) in [5.41, 5.74) is 1.19. The summed E-state index contributed by atoms with van der Waals surface area (Å²) in [4.78, 5) is 24.9. The minimum Gasteiger partial charge on any atom is -0.479 e. The van der Waals surface area contributed by atoms with Crippen molar-refractivity contribution in [3.8, 4) is 5.75 Å². The summed E-state index contributed by atoms with van der Waals surface area (Å²) in [7, 11) is 0. The van der Waals surface area contributed by atoms with Crippen LogP contribution >= 0.6 is 0 Å². The van der Waals surface area contributed by atoms with E-state index in [0.717, 1.165) is 0 Å². The molecule has 1 amide bonds. The number of rotatable bonds is 3. The molecule has 0 radical (unpaired) electrons. The Bertz CT molecular complexity index is 790. The van der Waals surface area contributed by atoms with Crippen molar-refractivity contribution in [3.05, 3.63) is 59.4 Å². The van der Waals surface area contributed by atoms with Crippen molar-refractivity contribution in [1.82, 2.24) is 0 Å². The van der Waals surface area contributed by atoms with Crippen LogP contribution in [0.15, 0.2) is 42.5 Å². The second kappa shape index (κ2) is 5.72. The Labute approximate surface area is 131 Å². The molecule has 0 fully saturated rings. The maximum atomic E-state index is 13.3. The normalized spacial score (nSPS) is 16.7. The molecule has 0 aliphatic carbocycles. The summed E-state index contributed by atoms with van der Waals surface area (Å²) >= 11 is 0. The van der Waals surface area contributed by atoms with Crippen LogP contribution in [-0.4, -0.2) is 23.1 Å². The number of aromatic carboxylic acids is 1. The molecule has 1 atom stereocenters. The van der Waals surface area contributed by atoms with Crippen molar-refractivity contribution in [2.75, 3.05) is 4.90 Å². The summed E-state index contributed by atoms with van der Waals surface area (Å²) in [6.45, 7) is 1.78. The van der Waals surface area contributed by atoms with Crippen LogP contribution in [0, 0.1) is 5.82 Å². The van der Waals surface area contributed by atoms with Gasteiger partial charge in [0, 0.05) is 0 Å². The lowest BCUT2D eigenvalue weighted by molar-refractivity contribution is -0.125. The number of carbonyl (C=O) groups is 2. The van der Waals surface area contributed by atoms with Crippen LogP contribution < -0.4 is 9.64 Å². The number of benzene rings is 2. The Kier molecular flexibility index (Phi) is 3.73. The van der Waals surface area contributed by atoms with E-state index < -0.39 is 12.1 Å². The van der Waals surface area contributed by atoms with Crippen molar-refractivity contribution >= 4 is 17.6 Å². The summed E-state index contributed by atoms with van der Waals surface area (Å²) in [6.07, 6.45) is -0.736. The molecule has 1 aliphatic heterocycles. The number of anilines is 1. The summed E-state index contributed by atoms with van der Waals surface area (Å²) in [6, 6.07) is 10.3. The SMILES string of the molecule is CC1Oc2cc(C(=O)O)ccc2N(Cc2cccc(F)c2)C1=O. The fourth-order valence-electron chi connectivity index (χ4n) is 2.52. The predicted molar refractivity (Wildman–Crippen MR) is 81.1 cm³/mol. The van der Waals surface area contributed by atoms with Crippen molar-refractivity contribution < 1.29 is 23.8 Å². The minimum absolute atomic E-state index is 0.0796. The quantitative estimate of drug-likeness (QED) is 0.946. The maximum Gasteiger partial charge on any atom is 0.335 e. The van der Waals surface area contributed by atoms with Crippen LogP contribution in [0.25, 0.3) is 0 Å². The van der Waals surface area contributed by atoms with Crippen LogP contribution in [0.3, 0.4) is 0 Å². The second-order valence-corrected chi connectivity index (χ2v) is 5.30. The highest BCUT2D eigenvalue weighted by Gasteiger charge is 2.32. The molecule has 5 nitrogen and oxygen atoms in total. The van der Waals surface area contributed by atoms with Gasteiger partial charge in [0.15, 0.2) is 6.10 Å². The molecule has 2 aromatic rings. The number of fused-ring (bicyclic) bond motifs is 1. The van der Waals surface area contributed by atoms with Crippen LogP contribution in [0.4, 0.5) is 10.1 Å². The topological polar surface area (TPSA) is 66.8 Å². The van der Waals surface area contributed by atoms with Crippen LogP contribution in [0.5, 0.6) is 5.75 Å². The van der Waals surface area contributed by atoms with Gasteiger partial charge in [-0.15, -0.1) is 0 Å². The number of carboxylic acids is 1. The molecule has 3 rings (SSSR count). The molecule has 6 heteroatoms. The fraction of sp³-hybridized carbons (Fsp3) is 0.176. The van der Waals surface area contributed by atoms with Crippen molar-refractivity contribution in [1.29, 1.82) is 0 Å². The van der Waals surface area contributed by atoms with Gasteiger partial charge < -0.3 is 14.7 Å². The van der Waals surface area contributed by atoms with Crippen LogP contribution in [-0.2, 0) is 11.3 Å². The number of hydrogen-bond donors (Lipinski definition) is 1. The van der Waals surface area contributed by atoms with Gasteiger partial charge in [0.1, 0.15) is 11.6 Å². The maximum absolute atomic E-state index is 13.3. The first-order valence-electron chi connectivity index (χ1n) is 7.05. The van der Waals surface area contributed by atoms with Gasteiger partial charge in [0.2, 0.25) is 0 Å². The summed E-state index contributed by atoms with van der Waals surface area (Å²) in [5, 5.41) is 9.06. The van der Waals surface area contributed by atoms with E-state index in [1.165, 1.54) is 35.2 Å². The second-order valence-electron chi connectivity index (χ2n) is 5.30. The van der Waals surface area contributed by atoms with E-state index in [1.54, 1.807) is 19.1 Å². The number of carboxylic acid groups (broad SMARTS) is 1. The van der Waals surface area contributed by atoms with Crippen molar-refractivity contribution in [2.24, 2.45) is 0 Å². The third kappa shape index (κ3) is 2.88. The number of ether oxygens (including phenoxy) is 1. The summed E-state index contributed by atoms with van der Waals surface area (Å²) < 4.78 is 18.8. The molecule has 1 heterocycles. The average molecular weight is 315 g/mol. The molecular formula is C17H14FNO4. The first-order valence-corrected chi connectivity index (χ1v) is 7.05. The van der Waals surface area contributed by atoms with E-state index in [9.17, 15) is 14.0 Å². The number of nitrogens with zero attached hydrogens (tertiary/aromatic N) is 1. The fourth-order valence-corrected chi connectivity index (χ4v) is 2.52. The lowest BCUT2D eigenvalue weighted by Crippen LogP contribution is -2.44. The third-order valence-electron chi connectivity index (χ3n) is 3.64. The van der Waals surface area contributed by atoms with Gasteiger partial charge in [-0.25, -0.2) is 9.18 Å². The Balaban J connectivity index is 2.00. The van der Waals surface area contributed by atoms with Gasteiger partial charge in [-0.1, -0.05) is 12.1 Å². The zero-order chi connectivity index (χ0) is 16.6. The zero-order valence-electron chi connectivity index (χ0n) is 12.3. The molecular weight excluding hydrogens is 301 g/mol. The van der Waals surface area contributed by atoms with Gasteiger partial charge in [-0.2, -0.15) is 0 Å². The molecule has 0 aromatic heterocycles. The molecule has 0 saturated heterocycles. The van der Waals surface area contributed by atoms with Gasteiger partial charge in [0.05, 0.1) is 17.8 Å². The summed E-state index contributed by atoms with van der Waals surface area (Å²) in [5.74, 6) is -1.38. The molecule has 0 spiro atoms. The molecule has 0 bridgehead atoms. The van der Waals surface area contributed by atoms with E-state index in [1.807, 2.05) is 0 Å². The van der Waals surface area contributed by atoms with Crippen molar-refractivity contribution in [2.45, 2.75) is 19.6 Å². The largest absolute Gasteiger partial charge is 0.479 e. The molecule has 1 unspecified atom stereocenters. The van der Waals surface area contributed by atoms with Crippen LogP contribution in [0.2, 0.25) is 0 Å². The van der Waals surface area contributed by atoms with E-state index >= 15 is 0 Å². The van der Waals surface area contributed by atoms with Gasteiger partial charge >= 0.3 is 5.97 Å². The minimum atomic E-state index is -1.07. The Hall–Kier alpha value is -2.89. The average Bonchev–Trinajstić information content (AvgIpc) is 2.51.